The summed E-state index contributed by atoms with van der Waals surface area (Å²) in [7, 11) is -2.59. The molecule has 1 aliphatic heterocycles. The maximum Gasteiger partial charge on any atom is 0.465 e. The molecule has 1 aromatic heterocycles. The SMILES string of the molecule is CC1CC(c2cn(OS(=O)(=O)O)c3ccc(F)cc23)CCN1C. The first-order chi connectivity index (χ1) is 10.7. The predicted octanol–water partition coefficient (Wildman–Crippen LogP) is 2.21. The van der Waals surface area contributed by atoms with Gasteiger partial charge < -0.3 is 4.90 Å². The van der Waals surface area contributed by atoms with Crippen LogP contribution < -0.4 is 4.28 Å². The van der Waals surface area contributed by atoms with Gasteiger partial charge in [-0.25, -0.2) is 4.39 Å². The van der Waals surface area contributed by atoms with Crippen molar-refractivity contribution in [3.8, 4) is 0 Å². The molecule has 1 N–H and O–H groups in total. The number of fused-ring (bicyclic) bond motifs is 1. The van der Waals surface area contributed by atoms with E-state index in [1.807, 2.05) is 0 Å². The van der Waals surface area contributed by atoms with Gasteiger partial charge in [0.2, 0.25) is 0 Å². The number of halogens is 1. The van der Waals surface area contributed by atoms with Crippen molar-refractivity contribution in [3.05, 3.63) is 35.8 Å². The Hall–Kier alpha value is -1.64. The van der Waals surface area contributed by atoms with Gasteiger partial charge >= 0.3 is 10.4 Å². The molecule has 23 heavy (non-hydrogen) atoms. The summed E-state index contributed by atoms with van der Waals surface area (Å²) in [4.78, 5) is 2.25. The lowest BCUT2D eigenvalue weighted by Gasteiger charge is -2.35. The maximum atomic E-state index is 13.6. The van der Waals surface area contributed by atoms with Crippen molar-refractivity contribution in [3.63, 3.8) is 0 Å². The van der Waals surface area contributed by atoms with E-state index in [4.69, 9.17) is 4.55 Å². The zero-order valence-electron chi connectivity index (χ0n) is 12.9. The highest BCUT2D eigenvalue weighted by Gasteiger charge is 2.27. The van der Waals surface area contributed by atoms with Crippen molar-refractivity contribution in [1.29, 1.82) is 0 Å². The molecule has 2 atom stereocenters. The first-order valence-electron chi connectivity index (χ1n) is 7.43. The molecule has 2 heterocycles. The van der Waals surface area contributed by atoms with Crippen LogP contribution in [-0.4, -0.2) is 42.2 Å². The molecule has 0 aliphatic carbocycles. The number of benzene rings is 1. The van der Waals surface area contributed by atoms with Gasteiger partial charge in [-0.2, -0.15) is 13.1 Å². The Morgan fingerprint density at radius 3 is 2.78 bits per heavy atom. The van der Waals surface area contributed by atoms with E-state index >= 15 is 0 Å². The van der Waals surface area contributed by atoms with Crippen LogP contribution in [-0.2, 0) is 10.4 Å². The normalized spacial score (nSPS) is 23.3. The lowest BCUT2D eigenvalue weighted by molar-refractivity contribution is 0.182. The van der Waals surface area contributed by atoms with Gasteiger partial charge in [-0.05, 0) is 63.0 Å². The van der Waals surface area contributed by atoms with Crippen LogP contribution in [0, 0.1) is 5.82 Å². The molecule has 6 nitrogen and oxygen atoms in total. The number of rotatable bonds is 3. The summed E-state index contributed by atoms with van der Waals surface area (Å²) in [6.07, 6.45) is 3.31. The second kappa shape index (κ2) is 5.77. The molecule has 2 unspecified atom stereocenters. The Morgan fingerprint density at radius 1 is 1.39 bits per heavy atom. The van der Waals surface area contributed by atoms with Gasteiger partial charge in [0.05, 0.1) is 5.52 Å². The summed E-state index contributed by atoms with van der Waals surface area (Å²) in [6, 6.07) is 4.42. The van der Waals surface area contributed by atoms with Gasteiger partial charge in [0.25, 0.3) is 0 Å². The third-order valence-corrected chi connectivity index (χ3v) is 4.94. The van der Waals surface area contributed by atoms with Gasteiger partial charge in [-0.15, -0.1) is 0 Å². The van der Waals surface area contributed by atoms with E-state index in [2.05, 4.69) is 23.2 Å². The highest BCUT2D eigenvalue weighted by atomic mass is 32.3. The van der Waals surface area contributed by atoms with E-state index in [0.29, 0.717) is 16.9 Å². The smallest absolute Gasteiger partial charge is 0.304 e. The second-order valence-electron chi connectivity index (χ2n) is 6.12. The zero-order valence-corrected chi connectivity index (χ0v) is 13.8. The molecule has 3 rings (SSSR count). The summed E-state index contributed by atoms with van der Waals surface area (Å²) < 4.78 is 50.2. The predicted molar refractivity (Wildman–Crippen MR) is 84.1 cm³/mol. The molecule has 1 saturated heterocycles. The minimum absolute atomic E-state index is 0.178. The van der Waals surface area contributed by atoms with E-state index in [1.165, 1.54) is 24.4 Å². The molecule has 0 spiro atoms. The monoisotopic (exact) mass is 342 g/mol. The Labute approximate surface area is 134 Å². The Bertz CT molecular complexity index is 833. The number of nitrogens with zero attached hydrogens (tertiary/aromatic N) is 2. The lowest BCUT2D eigenvalue weighted by Crippen LogP contribution is -2.36. The van der Waals surface area contributed by atoms with Gasteiger partial charge in [0, 0.05) is 17.6 Å². The molecule has 126 valence electrons. The van der Waals surface area contributed by atoms with Crippen molar-refractivity contribution < 1.29 is 21.6 Å². The fourth-order valence-electron chi connectivity index (χ4n) is 3.26. The lowest BCUT2D eigenvalue weighted by atomic mass is 9.86. The summed E-state index contributed by atoms with van der Waals surface area (Å²) in [5.74, 6) is -0.221. The highest BCUT2D eigenvalue weighted by Crippen LogP contribution is 2.36. The van der Waals surface area contributed by atoms with Crippen LogP contribution in [0.3, 0.4) is 0 Å². The first-order valence-corrected chi connectivity index (χ1v) is 8.79. The molecule has 0 radical (unpaired) electrons. The highest BCUT2D eigenvalue weighted by molar-refractivity contribution is 7.81. The molecule has 1 aromatic carbocycles. The van der Waals surface area contributed by atoms with E-state index in [0.717, 1.165) is 29.7 Å². The van der Waals surface area contributed by atoms with Crippen LogP contribution in [0.15, 0.2) is 24.4 Å². The van der Waals surface area contributed by atoms with Crippen molar-refractivity contribution in [2.24, 2.45) is 0 Å². The number of hydrogen-bond acceptors (Lipinski definition) is 4. The summed E-state index contributed by atoms with van der Waals surface area (Å²) in [5, 5.41) is 0.607. The molecular weight excluding hydrogens is 323 g/mol. The van der Waals surface area contributed by atoms with E-state index < -0.39 is 16.2 Å². The van der Waals surface area contributed by atoms with Gasteiger partial charge in [-0.1, -0.05) is 0 Å². The van der Waals surface area contributed by atoms with Crippen LogP contribution in [0.1, 0.15) is 31.2 Å². The van der Waals surface area contributed by atoms with Crippen molar-refractivity contribution in [2.45, 2.75) is 31.7 Å². The third-order valence-electron chi connectivity index (χ3n) is 4.59. The first kappa shape index (κ1) is 16.2. The van der Waals surface area contributed by atoms with Crippen molar-refractivity contribution >= 4 is 21.3 Å². The summed E-state index contributed by atoms with van der Waals surface area (Å²) in [5.41, 5.74) is 1.24. The molecule has 0 bridgehead atoms. The van der Waals surface area contributed by atoms with Gasteiger partial charge in [0.15, 0.2) is 0 Å². The van der Waals surface area contributed by atoms with Crippen LogP contribution in [0.5, 0.6) is 0 Å². The van der Waals surface area contributed by atoms with E-state index in [-0.39, 0.29) is 5.92 Å². The Kier molecular flexibility index (Phi) is 4.07. The van der Waals surface area contributed by atoms with Crippen LogP contribution >= 0.6 is 0 Å². The standard InChI is InChI=1S/C15H19FN2O4S/c1-10-7-11(5-6-17(10)2)14-9-18(22-23(19,20)21)15-4-3-12(16)8-13(14)15/h3-4,8-11H,5-7H2,1-2H3,(H,19,20,21). The average Bonchev–Trinajstić information content (AvgIpc) is 2.78. The van der Waals surface area contributed by atoms with Crippen molar-refractivity contribution in [1.82, 2.24) is 9.63 Å². The molecular formula is C15H19FN2O4S. The Balaban J connectivity index is 2.07. The van der Waals surface area contributed by atoms with Crippen LogP contribution in [0.4, 0.5) is 4.39 Å². The van der Waals surface area contributed by atoms with Crippen LogP contribution in [0.25, 0.3) is 10.9 Å². The van der Waals surface area contributed by atoms with Crippen molar-refractivity contribution in [2.75, 3.05) is 13.6 Å². The molecule has 0 saturated carbocycles. The maximum absolute atomic E-state index is 13.6. The number of aromatic nitrogens is 1. The third kappa shape index (κ3) is 3.34. The average molecular weight is 342 g/mol. The zero-order chi connectivity index (χ0) is 16.8. The quantitative estimate of drug-likeness (QED) is 0.866. The minimum Gasteiger partial charge on any atom is -0.304 e. The molecule has 1 aliphatic rings. The molecule has 0 amide bonds. The fourth-order valence-corrected chi connectivity index (χ4v) is 3.58. The topological polar surface area (TPSA) is 71.8 Å². The van der Waals surface area contributed by atoms with E-state index in [9.17, 15) is 12.8 Å². The Morgan fingerprint density at radius 2 is 2.13 bits per heavy atom. The fraction of sp³-hybridized carbons (Fsp3) is 0.467. The summed E-state index contributed by atoms with van der Waals surface area (Å²) in [6.45, 7) is 3.04. The van der Waals surface area contributed by atoms with Crippen LogP contribution in [0.2, 0.25) is 0 Å². The minimum atomic E-state index is -4.65. The van der Waals surface area contributed by atoms with E-state index in [1.54, 1.807) is 0 Å². The molecule has 2 aromatic rings. The second-order valence-corrected chi connectivity index (χ2v) is 7.13. The number of hydrogen-bond donors (Lipinski definition) is 1. The molecule has 1 fully saturated rings. The number of likely N-dealkylation sites (tertiary alicyclic amines) is 1. The van der Waals surface area contributed by atoms with Gasteiger partial charge in [0.1, 0.15) is 5.82 Å². The summed E-state index contributed by atoms with van der Waals surface area (Å²) >= 11 is 0. The van der Waals surface area contributed by atoms with Gasteiger partial charge in [-0.3, -0.25) is 8.84 Å². The number of piperidine rings is 1. The largest absolute Gasteiger partial charge is 0.465 e. The molecule has 8 heteroatoms.